The summed E-state index contributed by atoms with van der Waals surface area (Å²) in [5, 5.41) is 12.4. The number of ether oxygens (including phenoxy) is 2. The maximum Gasteiger partial charge on any atom is 0.0897 e. The summed E-state index contributed by atoms with van der Waals surface area (Å²) >= 11 is 0. The van der Waals surface area contributed by atoms with Gasteiger partial charge in [-0.15, -0.1) is 0 Å². The molecule has 2 N–H and O–H groups in total. The smallest absolute Gasteiger partial charge is 0.0897 e. The van der Waals surface area contributed by atoms with Crippen molar-refractivity contribution in [1.29, 1.82) is 0 Å². The topological polar surface area (TPSA) is 50.7 Å². The Morgan fingerprint density at radius 2 is 2.00 bits per heavy atom. The van der Waals surface area contributed by atoms with Crippen molar-refractivity contribution in [3.05, 3.63) is 0 Å². The van der Waals surface area contributed by atoms with Crippen molar-refractivity contribution in [3.63, 3.8) is 0 Å². The van der Waals surface area contributed by atoms with E-state index < -0.39 is 6.10 Å². The van der Waals surface area contributed by atoms with Gasteiger partial charge in [-0.1, -0.05) is 13.8 Å². The number of hydrogen-bond donors (Lipinski definition) is 2. The summed E-state index contributed by atoms with van der Waals surface area (Å²) in [5.41, 5.74) is 0. The van der Waals surface area contributed by atoms with E-state index in [0.29, 0.717) is 25.7 Å². The fraction of sp³-hybridized carbons (Fsp3) is 1.00. The first-order valence-corrected chi connectivity index (χ1v) is 5.62. The van der Waals surface area contributed by atoms with Crippen LogP contribution in [0, 0.1) is 5.92 Å². The average Bonchev–Trinajstić information content (AvgIpc) is 2.16. The number of nitrogens with one attached hydrogen (secondary N) is 1. The SMILES string of the molecule is COCC(O)CNCCOCCC(C)C. The third-order valence-corrected chi connectivity index (χ3v) is 2.00. The molecule has 0 aromatic rings. The van der Waals surface area contributed by atoms with Gasteiger partial charge < -0.3 is 19.9 Å². The highest BCUT2D eigenvalue weighted by Gasteiger charge is 2.01. The van der Waals surface area contributed by atoms with Gasteiger partial charge in [0.15, 0.2) is 0 Å². The van der Waals surface area contributed by atoms with Gasteiger partial charge in [0.2, 0.25) is 0 Å². The lowest BCUT2D eigenvalue weighted by atomic mass is 10.1. The second-order valence-electron chi connectivity index (χ2n) is 4.11. The normalized spacial score (nSPS) is 13.4. The first kappa shape index (κ1) is 14.8. The molecule has 1 unspecified atom stereocenters. The van der Waals surface area contributed by atoms with Gasteiger partial charge in [-0.25, -0.2) is 0 Å². The molecule has 0 saturated heterocycles. The van der Waals surface area contributed by atoms with E-state index in [1.807, 2.05) is 0 Å². The first-order valence-electron chi connectivity index (χ1n) is 5.62. The van der Waals surface area contributed by atoms with E-state index in [0.717, 1.165) is 19.6 Å². The molecule has 0 aliphatic rings. The van der Waals surface area contributed by atoms with Gasteiger partial charge in [0, 0.05) is 26.8 Å². The molecule has 0 fully saturated rings. The number of aliphatic hydroxyl groups excluding tert-OH is 1. The number of aliphatic hydroxyl groups is 1. The van der Waals surface area contributed by atoms with Crippen molar-refractivity contribution >= 4 is 0 Å². The predicted octanol–water partition coefficient (Wildman–Crippen LogP) is 0.646. The zero-order valence-electron chi connectivity index (χ0n) is 10.2. The fourth-order valence-electron chi connectivity index (χ4n) is 1.09. The molecule has 0 aromatic heterocycles. The van der Waals surface area contributed by atoms with Crippen LogP contribution in [0.2, 0.25) is 0 Å². The molecule has 0 bridgehead atoms. The maximum absolute atomic E-state index is 9.30. The molecule has 0 aliphatic heterocycles. The second kappa shape index (κ2) is 10.4. The lowest BCUT2D eigenvalue weighted by Gasteiger charge is -2.11. The Bertz CT molecular complexity index is 131. The Balaban J connectivity index is 3.04. The minimum atomic E-state index is -0.425. The summed E-state index contributed by atoms with van der Waals surface area (Å²) in [7, 11) is 1.58. The largest absolute Gasteiger partial charge is 0.389 e. The van der Waals surface area contributed by atoms with Crippen LogP contribution in [0.1, 0.15) is 20.3 Å². The third kappa shape index (κ3) is 11.8. The van der Waals surface area contributed by atoms with Gasteiger partial charge in [0.25, 0.3) is 0 Å². The molecule has 0 heterocycles. The first-order chi connectivity index (χ1) is 7.16. The van der Waals surface area contributed by atoms with E-state index in [9.17, 15) is 5.11 Å². The quantitative estimate of drug-likeness (QED) is 0.530. The minimum Gasteiger partial charge on any atom is -0.389 e. The predicted molar refractivity (Wildman–Crippen MR) is 61.0 cm³/mol. The van der Waals surface area contributed by atoms with E-state index in [1.54, 1.807) is 7.11 Å². The van der Waals surface area contributed by atoms with Crippen molar-refractivity contribution < 1.29 is 14.6 Å². The Morgan fingerprint density at radius 1 is 1.27 bits per heavy atom. The van der Waals surface area contributed by atoms with Gasteiger partial charge in [-0.05, 0) is 12.3 Å². The maximum atomic E-state index is 9.30. The summed E-state index contributed by atoms with van der Waals surface area (Å²) in [6.07, 6.45) is 0.678. The van der Waals surface area contributed by atoms with E-state index in [1.165, 1.54) is 0 Å². The zero-order chi connectivity index (χ0) is 11.5. The number of rotatable bonds is 10. The molecule has 0 saturated carbocycles. The summed E-state index contributed by atoms with van der Waals surface area (Å²) in [6, 6.07) is 0. The highest BCUT2D eigenvalue weighted by atomic mass is 16.5. The van der Waals surface area contributed by atoms with Crippen molar-refractivity contribution in [3.8, 4) is 0 Å². The van der Waals surface area contributed by atoms with Crippen LogP contribution in [0.5, 0.6) is 0 Å². The molecule has 92 valence electrons. The molecule has 0 spiro atoms. The number of methoxy groups -OCH3 is 1. The highest BCUT2D eigenvalue weighted by molar-refractivity contribution is 4.57. The van der Waals surface area contributed by atoms with Crippen LogP contribution in [0.4, 0.5) is 0 Å². The Labute approximate surface area is 93.0 Å². The number of hydrogen-bond acceptors (Lipinski definition) is 4. The van der Waals surface area contributed by atoms with Crippen molar-refractivity contribution in [2.75, 3.05) is 40.0 Å². The molecule has 0 amide bonds. The summed E-state index contributed by atoms with van der Waals surface area (Å²) in [6.45, 7) is 7.60. The highest BCUT2D eigenvalue weighted by Crippen LogP contribution is 1.98. The second-order valence-corrected chi connectivity index (χ2v) is 4.11. The molecule has 4 heteroatoms. The Morgan fingerprint density at radius 3 is 2.60 bits per heavy atom. The molecular weight excluding hydrogens is 194 g/mol. The molecular formula is C11H25NO3. The monoisotopic (exact) mass is 219 g/mol. The van der Waals surface area contributed by atoms with Crippen LogP contribution >= 0.6 is 0 Å². The van der Waals surface area contributed by atoms with Crippen LogP contribution in [0.3, 0.4) is 0 Å². The summed E-state index contributed by atoms with van der Waals surface area (Å²) < 4.78 is 10.2. The molecule has 0 aromatic carbocycles. The van der Waals surface area contributed by atoms with Gasteiger partial charge >= 0.3 is 0 Å². The summed E-state index contributed by atoms with van der Waals surface area (Å²) in [5.74, 6) is 0.696. The van der Waals surface area contributed by atoms with Crippen LogP contribution in [-0.4, -0.2) is 51.2 Å². The lowest BCUT2D eigenvalue weighted by molar-refractivity contribution is 0.0617. The van der Waals surface area contributed by atoms with E-state index in [2.05, 4.69) is 19.2 Å². The molecule has 15 heavy (non-hydrogen) atoms. The van der Waals surface area contributed by atoms with Crippen LogP contribution in [-0.2, 0) is 9.47 Å². The molecule has 0 rings (SSSR count). The van der Waals surface area contributed by atoms with Gasteiger partial charge in [0.1, 0.15) is 0 Å². The van der Waals surface area contributed by atoms with E-state index in [-0.39, 0.29) is 0 Å². The molecule has 4 nitrogen and oxygen atoms in total. The van der Waals surface area contributed by atoms with Gasteiger partial charge in [-0.2, -0.15) is 0 Å². The third-order valence-electron chi connectivity index (χ3n) is 2.00. The fourth-order valence-corrected chi connectivity index (χ4v) is 1.09. The Kier molecular flexibility index (Phi) is 10.3. The van der Waals surface area contributed by atoms with E-state index in [4.69, 9.17) is 9.47 Å². The van der Waals surface area contributed by atoms with Crippen LogP contribution in [0.15, 0.2) is 0 Å². The van der Waals surface area contributed by atoms with E-state index >= 15 is 0 Å². The standard InChI is InChI=1S/C11H25NO3/c1-10(2)4-6-15-7-5-12-8-11(13)9-14-3/h10-13H,4-9H2,1-3H3. The van der Waals surface area contributed by atoms with Gasteiger partial charge in [-0.3, -0.25) is 0 Å². The van der Waals surface area contributed by atoms with Crippen molar-refractivity contribution in [2.45, 2.75) is 26.4 Å². The van der Waals surface area contributed by atoms with Crippen molar-refractivity contribution in [1.82, 2.24) is 5.32 Å². The average molecular weight is 219 g/mol. The summed E-state index contributed by atoms with van der Waals surface area (Å²) in [4.78, 5) is 0. The Hall–Kier alpha value is -0.160. The lowest BCUT2D eigenvalue weighted by Crippen LogP contribution is -2.32. The zero-order valence-corrected chi connectivity index (χ0v) is 10.2. The molecule has 1 atom stereocenters. The molecule has 0 aliphatic carbocycles. The minimum absolute atomic E-state index is 0.376. The van der Waals surface area contributed by atoms with Gasteiger partial charge in [0.05, 0.1) is 19.3 Å². The van der Waals surface area contributed by atoms with Crippen LogP contribution < -0.4 is 5.32 Å². The molecule has 0 radical (unpaired) electrons. The van der Waals surface area contributed by atoms with Crippen LogP contribution in [0.25, 0.3) is 0 Å². The van der Waals surface area contributed by atoms with Crippen molar-refractivity contribution in [2.24, 2.45) is 5.92 Å².